The number of nitrogens with zero attached hydrogens (tertiary/aromatic N) is 2. The zero-order valence-corrected chi connectivity index (χ0v) is 10.7. The smallest absolute Gasteiger partial charge is 0.169 e. The van der Waals surface area contributed by atoms with Gasteiger partial charge in [-0.25, -0.2) is 0 Å². The van der Waals surface area contributed by atoms with Gasteiger partial charge in [0.25, 0.3) is 0 Å². The van der Waals surface area contributed by atoms with Crippen molar-refractivity contribution in [3.63, 3.8) is 0 Å². The van der Waals surface area contributed by atoms with Gasteiger partial charge in [0.15, 0.2) is 4.67 Å². The van der Waals surface area contributed by atoms with Crippen LogP contribution in [0.4, 0.5) is 0 Å². The third-order valence-corrected chi connectivity index (χ3v) is 2.85. The minimum Gasteiger partial charge on any atom is -0.452 e. The highest BCUT2D eigenvalue weighted by molar-refractivity contribution is 9.10. The molecule has 0 aliphatic rings. The lowest BCUT2D eigenvalue weighted by Crippen LogP contribution is -2.05. The summed E-state index contributed by atoms with van der Waals surface area (Å²) in [7, 11) is 1.87. The summed E-state index contributed by atoms with van der Waals surface area (Å²) in [5, 5.41) is 14.2. The molecule has 2 aromatic heterocycles. The topological polar surface area (TPSA) is 51.2 Å². The first kappa shape index (κ1) is 11.4. The van der Waals surface area contributed by atoms with Crippen LogP contribution in [0.25, 0.3) is 0 Å². The molecule has 0 aliphatic heterocycles. The average molecular weight is 285 g/mol. The number of halogens is 1. The maximum atomic E-state index is 9.97. The Morgan fingerprint density at radius 1 is 1.56 bits per heavy atom. The Balaban J connectivity index is 2.13. The molecule has 0 aliphatic carbocycles. The third-order valence-electron chi connectivity index (χ3n) is 2.42. The molecule has 0 spiro atoms. The van der Waals surface area contributed by atoms with Gasteiger partial charge in [-0.15, -0.1) is 0 Å². The maximum Gasteiger partial charge on any atom is 0.169 e. The lowest BCUT2D eigenvalue weighted by Gasteiger charge is -2.07. The highest BCUT2D eigenvalue weighted by Gasteiger charge is 2.15. The SMILES string of the molecule is Cc1cc(CC(O)c2ccc(Br)o2)n(C)n1. The second kappa shape index (κ2) is 4.43. The van der Waals surface area contributed by atoms with Crippen LogP contribution in [-0.4, -0.2) is 14.9 Å². The molecular weight excluding hydrogens is 272 g/mol. The van der Waals surface area contributed by atoms with Gasteiger partial charge in [0.05, 0.1) is 5.69 Å². The Kier molecular flexibility index (Phi) is 3.16. The zero-order chi connectivity index (χ0) is 11.7. The van der Waals surface area contributed by atoms with Gasteiger partial charge in [-0.05, 0) is 41.1 Å². The van der Waals surface area contributed by atoms with Crippen molar-refractivity contribution < 1.29 is 9.52 Å². The van der Waals surface area contributed by atoms with Gasteiger partial charge in [-0.2, -0.15) is 5.10 Å². The lowest BCUT2D eigenvalue weighted by atomic mass is 10.1. The monoisotopic (exact) mass is 284 g/mol. The van der Waals surface area contributed by atoms with Gasteiger partial charge >= 0.3 is 0 Å². The second-order valence-electron chi connectivity index (χ2n) is 3.76. The molecule has 0 radical (unpaired) electrons. The predicted octanol–water partition coefficient (Wildman–Crippen LogP) is 2.36. The summed E-state index contributed by atoms with van der Waals surface area (Å²) in [4.78, 5) is 0. The Morgan fingerprint density at radius 3 is 2.81 bits per heavy atom. The molecule has 0 fully saturated rings. The summed E-state index contributed by atoms with van der Waals surface area (Å²) in [6.45, 7) is 1.93. The molecule has 86 valence electrons. The van der Waals surface area contributed by atoms with E-state index >= 15 is 0 Å². The molecule has 5 heteroatoms. The third kappa shape index (κ3) is 2.36. The van der Waals surface area contributed by atoms with Crippen molar-refractivity contribution in [3.8, 4) is 0 Å². The molecule has 0 amide bonds. The fourth-order valence-electron chi connectivity index (χ4n) is 1.66. The van der Waals surface area contributed by atoms with Crippen molar-refractivity contribution >= 4 is 15.9 Å². The van der Waals surface area contributed by atoms with Crippen LogP contribution in [0.1, 0.15) is 23.3 Å². The van der Waals surface area contributed by atoms with Crippen LogP contribution in [0.2, 0.25) is 0 Å². The number of aliphatic hydroxyl groups excluding tert-OH is 1. The average Bonchev–Trinajstić information content (AvgIpc) is 2.74. The van der Waals surface area contributed by atoms with Crippen LogP contribution in [-0.2, 0) is 13.5 Å². The normalized spacial score (nSPS) is 13.0. The summed E-state index contributed by atoms with van der Waals surface area (Å²) in [5.74, 6) is 0.561. The number of aliphatic hydroxyl groups is 1. The number of rotatable bonds is 3. The summed E-state index contributed by atoms with van der Waals surface area (Å²) in [6.07, 6.45) is -0.141. The number of hydrogen-bond acceptors (Lipinski definition) is 3. The predicted molar refractivity (Wildman–Crippen MR) is 63.0 cm³/mol. The van der Waals surface area contributed by atoms with Crippen molar-refractivity contribution in [2.75, 3.05) is 0 Å². The molecule has 2 aromatic rings. The molecule has 1 N–H and O–H groups in total. The molecule has 0 aromatic carbocycles. The number of furan rings is 1. The van der Waals surface area contributed by atoms with Crippen LogP contribution in [0.3, 0.4) is 0 Å². The van der Waals surface area contributed by atoms with E-state index in [1.165, 1.54) is 0 Å². The van der Waals surface area contributed by atoms with E-state index in [4.69, 9.17) is 4.42 Å². The van der Waals surface area contributed by atoms with Crippen LogP contribution in [0.5, 0.6) is 0 Å². The first-order valence-electron chi connectivity index (χ1n) is 4.99. The fraction of sp³-hybridized carbons (Fsp3) is 0.364. The molecule has 2 rings (SSSR count). The first-order valence-corrected chi connectivity index (χ1v) is 5.78. The highest BCUT2D eigenvalue weighted by Crippen LogP contribution is 2.23. The van der Waals surface area contributed by atoms with Crippen molar-refractivity contribution in [1.82, 2.24) is 9.78 Å². The molecule has 1 unspecified atom stereocenters. The summed E-state index contributed by atoms with van der Waals surface area (Å²) in [6, 6.07) is 5.49. The van der Waals surface area contributed by atoms with Crippen molar-refractivity contribution in [3.05, 3.63) is 40.0 Å². The Bertz CT molecular complexity index is 490. The maximum absolute atomic E-state index is 9.97. The van der Waals surface area contributed by atoms with Gasteiger partial charge in [-0.1, -0.05) is 0 Å². The number of aryl methyl sites for hydroxylation is 2. The summed E-state index contributed by atoms with van der Waals surface area (Å²) in [5.41, 5.74) is 1.93. The second-order valence-corrected chi connectivity index (χ2v) is 4.54. The molecule has 16 heavy (non-hydrogen) atoms. The molecule has 0 saturated heterocycles. The number of aromatic nitrogens is 2. The Hall–Kier alpha value is -1.07. The van der Waals surface area contributed by atoms with E-state index in [0.29, 0.717) is 16.9 Å². The van der Waals surface area contributed by atoms with Crippen molar-refractivity contribution in [2.45, 2.75) is 19.4 Å². The van der Waals surface area contributed by atoms with Crippen LogP contribution < -0.4 is 0 Å². The first-order chi connectivity index (χ1) is 7.56. The van der Waals surface area contributed by atoms with E-state index in [9.17, 15) is 5.11 Å². The summed E-state index contributed by atoms with van der Waals surface area (Å²) >= 11 is 3.21. The Labute approximate surface area is 102 Å². The van der Waals surface area contributed by atoms with Gasteiger partial charge in [0.1, 0.15) is 11.9 Å². The van der Waals surface area contributed by atoms with E-state index in [1.54, 1.807) is 16.8 Å². The summed E-state index contributed by atoms with van der Waals surface area (Å²) < 4.78 is 7.70. The van der Waals surface area contributed by atoms with E-state index in [1.807, 2.05) is 20.0 Å². The van der Waals surface area contributed by atoms with Gasteiger partial charge < -0.3 is 9.52 Å². The van der Waals surface area contributed by atoms with Gasteiger partial charge in [-0.3, -0.25) is 4.68 Å². The van der Waals surface area contributed by atoms with E-state index in [-0.39, 0.29) is 0 Å². The van der Waals surface area contributed by atoms with Crippen molar-refractivity contribution in [1.29, 1.82) is 0 Å². The molecule has 0 bridgehead atoms. The quantitative estimate of drug-likeness (QED) is 0.941. The van der Waals surface area contributed by atoms with Crippen LogP contribution >= 0.6 is 15.9 Å². The van der Waals surface area contributed by atoms with Gasteiger partial charge in [0.2, 0.25) is 0 Å². The van der Waals surface area contributed by atoms with Gasteiger partial charge in [0, 0.05) is 19.2 Å². The lowest BCUT2D eigenvalue weighted by molar-refractivity contribution is 0.146. The van der Waals surface area contributed by atoms with Crippen LogP contribution in [0, 0.1) is 6.92 Å². The highest BCUT2D eigenvalue weighted by atomic mass is 79.9. The molecule has 2 heterocycles. The zero-order valence-electron chi connectivity index (χ0n) is 9.14. The van der Waals surface area contributed by atoms with E-state index < -0.39 is 6.10 Å². The van der Waals surface area contributed by atoms with E-state index in [0.717, 1.165) is 11.4 Å². The number of hydrogen-bond donors (Lipinski definition) is 1. The van der Waals surface area contributed by atoms with E-state index in [2.05, 4.69) is 21.0 Å². The largest absolute Gasteiger partial charge is 0.452 e. The Morgan fingerprint density at radius 2 is 2.31 bits per heavy atom. The molecule has 0 saturated carbocycles. The molecule has 4 nitrogen and oxygen atoms in total. The molecule has 1 atom stereocenters. The van der Waals surface area contributed by atoms with Crippen molar-refractivity contribution in [2.24, 2.45) is 7.05 Å². The minimum atomic E-state index is -0.638. The molecular formula is C11H13BrN2O2. The fourth-order valence-corrected chi connectivity index (χ4v) is 1.98. The minimum absolute atomic E-state index is 0.497. The van der Waals surface area contributed by atoms with Crippen LogP contribution in [0.15, 0.2) is 27.3 Å². The standard InChI is InChI=1S/C11H13BrN2O2/c1-7-5-8(14(2)13-7)6-9(15)10-3-4-11(12)16-10/h3-5,9,15H,6H2,1-2H3.